The normalized spacial score (nSPS) is 9.32. The highest BCUT2D eigenvalue weighted by Crippen LogP contribution is 2.21. The number of carbonyl (C=O) groups is 1. The summed E-state index contributed by atoms with van der Waals surface area (Å²) in [4.78, 5) is 11.2. The molecule has 0 aromatic heterocycles. The van der Waals surface area contributed by atoms with E-state index in [2.05, 4.69) is 11.2 Å². The molecular weight excluding hydrogens is 236 g/mol. The monoisotopic (exact) mass is 250 g/mol. The molecule has 1 amide bonds. The largest absolute Gasteiger partial charge is 0.290 e. The van der Waals surface area contributed by atoms with Crippen molar-refractivity contribution in [2.45, 2.75) is 0 Å². The van der Waals surface area contributed by atoms with Gasteiger partial charge in [0.2, 0.25) is 0 Å². The Morgan fingerprint density at radius 2 is 1.42 bits per heavy atom. The van der Waals surface area contributed by atoms with Gasteiger partial charge in [0.05, 0.1) is 0 Å². The molecule has 0 saturated heterocycles. The van der Waals surface area contributed by atoms with Crippen LogP contribution in [0.2, 0.25) is 0 Å². The number of benzene rings is 2. The SMILES string of the molecule is NNC(=O)C=C=C(c1ccccc1)c1ccccc1. The average Bonchev–Trinajstić information content (AvgIpc) is 2.49. The van der Waals surface area contributed by atoms with Gasteiger partial charge in [-0.2, -0.15) is 0 Å². The molecule has 0 aliphatic carbocycles. The molecule has 3 heteroatoms. The maximum absolute atomic E-state index is 11.2. The summed E-state index contributed by atoms with van der Waals surface area (Å²) in [6, 6.07) is 19.6. The third-order valence-corrected chi connectivity index (χ3v) is 2.61. The molecule has 0 aliphatic rings. The second-order valence-corrected chi connectivity index (χ2v) is 3.90. The van der Waals surface area contributed by atoms with Gasteiger partial charge in [-0.05, 0) is 11.1 Å². The lowest BCUT2D eigenvalue weighted by Gasteiger charge is -2.05. The average molecular weight is 250 g/mol. The number of nitrogens with two attached hydrogens (primary N) is 1. The topological polar surface area (TPSA) is 55.1 Å². The summed E-state index contributed by atoms with van der Waals surface area (Å²) in [6.07, 6.45) is 1.30. The van der Waals surface area contributed by atoms with Crippen LogP contribution in [0.4, 0.5) is 0 Å². The van der Waals surface area contributed by atoms with E-state index in [0.717, 1.165) is 16.7 Å². The summed E-state index contributed by atoms with van der Waals surface area (Å²) >= 11 is 0. The molecule has 19 heavy (non-hydrogen) atoms. The van der Waals surface area contributed by atoms with Gasteiger partial charge in [0.15, 0.2) is 0 Å². The molecule has 2 rings (SSSR count). The number of hydrogen-bond donors (Lipinski definition) is 2. The van der Waals surface area contributed by atoms with Crippen LogP contribution in [0.5, 0.6) is 0 Å². The zero-order chi connectivity index (χ0) is 13.5. The van der Waals surface area contributed by atoms with Gasteiger partial charge in [-0.25, -0.2) is 5.84 Å². The van der Waals surface area contributed by atoms with E-state index in [-0.39, 0.29) is 5.91 Å². The fourth-order valence-electron chi connectivity index (χ4n) is 1.72. The second-order valence-electron chi connectivity index (χ2n) is 3.90. The van der Waals surface area contributed by atoms with Gasteiger partial charge in [0.1, 0.15) is 0 Å². The molecule has 2 aromatic carbocycles. The van der Waals surface area contributed by atoms with Crippen LogP contribution in [-0.4, -0.2) is 5.91 Å². The van der Waals surface area contributed by atoms with Gasteiger partial charge in [0, 0.05) is 11.6 Å². The molecule has 0 atom stereocenters. The van der Waals surface area contributed by atoms with Gasteiger partial charge in [0.25, 0.3) is 5.91 Å². The predicted molar refractivity (Wildman–Crippen MR) is 75.8 cm³/mol. The van der Waals surface area contributed by atoms with Gasteiger partial charge >= 0.3 is 0 Å². The predicted octanol–water partition coefficient (Wildman–Crippen LogP) is 2.26. The fourth-order valence-corrected chi connectivity index (χ4v) is 1.72. The van der Waals surface area contributed by atoms with Gasteiger partial charge < -0.3 is 0 Å². The molecule has 3 N–H and O–H groups in total. The Morgan fingerprint density at radius 3 is 1.84 bits per heavy atom. The van der Waals surface area contributed by atoms with Crippen LogP contribution in [0.15, 0.2) is 72.5 Å². The molecule has 0 spiro atoms. The van der Waals surface area contributed by atoms with Crippen molar-refractivity contribution < 1.29 is 4.79 Å². The molecule has 94 valence electrons. The van der Waals surface area contributed by atoms with Crippen molar-refractivity contribution >= 4 is 11.5 Å². The third-order valence-electron chi connectivity index (χ3n) is 2.61. The van der Waals surface area contributed by atoms with E-state index in [9.17, 15) is 4.79 Å². The zero-order valence-corrected chi connectivity index (χ0v) is 10.3. The molecular formula is C16H14N2O. The second kappa shape index (κ2) is 6.36. The molecule has 0 bridgehead atoms. The highest BCUT2D eigenvalue weighted by atomic mass is 16.2. The Morgan fingerprint density at radius 1 is 0.947 bits per heavy atom. The molecule has 0 fully saturated rings. The first-order valence-electron chi connectivity index (χ1n) is 5.89. The minimum Gasteiger partial charge on any atom is -0.290 e. The molecule has 0 unspecified atom stereocenters. The first-order chi connectivity index (χ1) is 9.31. The first kappa shape index (κ1) is 12.8. The van der Waals surface area contributed by atoms with Crippen molar-refractivity contribution in [3.63, 3.8) is 0 Å². The van der Waals surface area contributed by atoms with E-state index in [1.807, 2.05) is 60.7 Å². The smallest absolute Gasteiger partial charge is 0.265 e. The van der Waals surface area contributed by atoms with Crippen LogP contribution in [0, 0.1) is 0 Å². The Bertz CT molecular complexity index is 570. The van der Waals surface area contributed by atoms with Crippen molar-refractivity contribution in [3.8, 4) is 0 Å². The maximum Gasteiger partial charge on any atom is 0.265 e. The van der Waals surface area contributed by atoms with Crippen molar-refractivity contribution in [2.75, 3.05) is 0 Å². The Kier molecular flexibility index (Phi) is 4.29. The summed E-state index contributed by atoms with van der Waals surface area (Å²) in [6.45, 7) is 0. The fraction of sp³-hybridized carbons (Fsp3) is 0. The van der Waals surface area contributed by atoms with Gasteiger partial charge in [-0.3, -0.25) is 10.2 Å². The zero-order valence-electron chi connectivity index (χ0n) is 10.3. The molecule has 0 heterocycles. The lowest BCUT2D eigenvalue weighted by Crippen LogP contribution is -2.27. The Hall–Kier alpha value is -2.61. The number of hydrazine groups is 1. The lowest BCUT2D eigenvalue weighted by atomic mass is 9.99. The number of amides is 1. The van der Waals surface area contributed by atoms with E-state index in [4.69, 9.17) is 5.84 Å². The summed E-state index contributed by atoms with van der Waals surface area (Å²) in [5, 5.41) is 0. The third kappa shape index (κ3) is 3.42. The molecule has 2 aromatic rings. The quantitative estimate of drug-likeness (QED) is 0.289. The lowest BCUT2D eigenvalue weighted by molar-refractivity contribution is -0.116. The number of hydrogen-bond acceptors (Lipinski definition) is 2. The minimum atomic E-state index is -0.385. The van der Waals surface area contributed by atoms with E-state index in [1.54, 1.807) is 0 Å². The van der Waals surface area contributed by atoms with E-state index < -0.39 is 0 Å². The van der Waals surface area contributed by atoms with Crippen LogP contribution in [0.3, 0.4) is 0 Å². The van der Waals surface area contributed by atoms with Crippen LogP contribution < -0.4 is 11.3 Å². The van der Waals surface area contributed by atoms with Crippen molar-refractivity contribution in [2.24, 2.45) is 5.84 Å². The van der Waals surface area contributed by atoms with Crippen molar-refractivity contribution in [1.82, 2.24) is 5.43 Å². The highest BCUT2D eigenvalue weighted by molar-refractivity contribution is 5.89. The van der Waals surface area contributed by atoms with Crippen LogP contribution in [0.25, 0.3) is 5.57 Å². The Labute approximate surface area is 112 Å². The van der Waals surface area contributed by atoms with E-state index in [0.29, 0.717) is 0 Å². The maximum atomic E-state index is 11.2. The number of carbonyl (C=O) groups excluding carboxylic acids is 1. The van der Waals surface area contributed by atoms with Gasteiger partial charge in [-0.15, -0.1) is 5.73 Å². The minimum absolute atomic E-state index is 0.385. The standard InChI is InChI=1S/C16H14N2O/c17-18-16(19)12-11-15(13-7-3-1-4-8-13)14-9-5-2-6-10-14/h1-10,12H,17H2,(H,18,19). The first-order valence-corrected chi connectivity index (χ1v) is 5.89. The van der Waals surface area contributed by atoms with Crippen molar-refractivity contribution in [1.29, 1.82) is 0 Å². The molecule has 0 saturated carbocycles. The Balaban J connectivity index is 2.52. The number of nitrogens with one attached hydrogen (secondary N) is 1. The summed E-state index contributed by atoms with van der Waals surface area (Å²) in [5.41, 5.74) is 7.90. The summed E-state index contributed by atoms with van der Waals surface area (Å²) in [7, 11) is 0. The highest BCUT2D eigenvalue weighted by Gasteiger charge is 2.03. The van der Waals surface area contributed by atoms with Crippen molar-refractivity contribution in [3.05, 3.63) is 83.6 Å². The molecule has 3 nitrogen and oxygen atoms in total. The number of rotatable bonds is 3. The van der Waals surface area contributed by atoms with E-state index >= 15 is 0 Å². The van der Waals surface area contributed by atoms with Crippen LogP contribution >= 0.6 is 0 Å². The van der Waals surface area contributed by atoms with Gasteiger partial charge in [-0.1, -0.05) is 60.7 Å². The van der Waals surface area contributed by atoms with Crippen LogP contribution in [0.1, 0.15) is 11.1 Å². The summed E-state index contributed by atoms with van der Waals surface area (Å²) in [5.74, 6) is 4.67. The van der Waals surface area contributed by atoms with Crippen LogP contribution in [-0.2, 0) is 4.79 Å². The van der Waals surface area contributed by atoms with E-state index in [1.165, 1.54) is 6.08 Å². The molecule has 0 radical (unpaired) electrons. The summed E-state index contributed by atoms with van der Waals surface area (Å²) < 4.78 is 0. The molecule has 0 aliphatic heterocycles.